The Morgan fingerprint density at radius 3 is 2.83 bits per heavy atom. The molecule has 12 heavy (non-hydrogen) atoms. The molecule has 2 rings (SSSR count). The van der Waals surface area contributed by atoms with Crippen LogP contribution in [0.15, 0.2) is 24.4 Å². The highest BCUT2D eigenvalue weighted by Crippen LogP contribution is 2.21. The number of nitrogens with zero attached hydrogens (tertiary/aromatic N) is 3. The van der Waals surface area contributed by atoms with Crippen LogP contribution in [0.5, 0.6) is 0 Å². The lowest BCUT2D eigenvalue weighted by atomic mass is 10.5. The third-order valence-electron chi connectivity index (χ3n) is 1.45. The van der Waals surface area contributed by atoms with Gasteiger partial charge in [-0.15, -0.1) is 5.10 Å². The average Bonchev–Trinajstić information content (AvgIpc) is 2.46. The average molecular weight is 202 g/mol. The molecule has 0 aliphatic heterocycles. The number of hydrogen-bond acceptors (Lipinski definition) is 2. The molecule has 0 radical (unpaired) electrons. The normalized spacial score (nSPS) is 11.2. The van der Waals surface area contributed by atoms with Gasteiger partial charge in [0.2, 0.25) is 0 Å². The highest BCUT2D eigenvalue weighted by molar-refractivity contribution is 6.43. The summed E-state index contributed by atoms with van der Waals surface area (Å²) >= 11 is 11.2. The molecule has 0 aromatic carbocycles. The van der Waals surface area contributed by atoms with Crippen LogP contribution in [0.3, 0.4) is 0 Å². The molecule has 0 atom stereocenters. The minimum atomic E-state index is -0.662. The summed E-state index contributed by atoms with van der Waals surface area (Å²) in [5.74, 6) is 0.435. The van der Waals surface area contributed by atoms with Crippen molar-refractivity contribution in [3.63, 3.8) is 0 Å². The molecule has 2 aromatic rings. The van der Waals surface area contributed by atoms with Gasteiger partial charge < -0.3 is 0 Å². The number of rotatable bonds is 1. The number of aromatic nitrogens is 3. The molecule has 62 valence electrons. The minimum absolute atomic E-state index is 0.435. The van der Waals surface area contributed by atoms with Gasteiger partial charge in [0.15, 0.2) is 16.3 Å². The first kappa shape index (κ1) is 7.83. The minimum Gasteiger partial charge on any atom is -0.221 e. The quantitative estimate of drug-likeness (QED) is 0.663. The molecule has 0 saturated heterocycles. The van der Waals surface area contributed by atoms with Crippen molar-refractivity contribution in [1.29, 1.82) is 0 Å². The van der Waals surface area contributed by atoms with Crippen molar-refractivity contribution in [2.45, 2.75) is 4.84 Å². The summed E-state index contributed by atoms with van der Waals surface area (Å²) in [4.78, 5) is 3.44. The van der Waals surface area contributed by atoms with Gasteiger partial charge in [0, 0.05) is 6.20 Å². The van der Waals surface area contributed by atoms with E-state index >= 15 is 0 Å². The lowest BCUT2D eigenvalue weighted by Crippen LogP contribution is -1.86. The summed E-state index contributed by atoms with van der Waals surface area (Å²) in [6, 6.07) is 5.58. The summed E-state index contributed by atoms with van der Waals surface area (Å²) in [6.45, 7) is 0. The Hall–Kier alpha value is -0.800. The van der Waals surface area contributed by atoms with Crippen LogP contribution < -0.4 is 0 Å². The summed E-state index contributed by atoms with van der Waals surface area (Å²) in [5.41, 5.74) is 0.749. The van der Waals surface area contributed by atoms with E-state index in [0.717, 1.165) is 5.65 Å². The lowest BCUT2D eigenvalue weighted by molar-refractivity contribution is 0.916. The zero-order chi connectivity index (χ0) is 8.55. The van der Waals surface area contributed by atoms with Crippen molar-refractivity contribution < 1.29 is 0 Å². The van der Waals surface area contributed by atoms with Gasteiger partial charge in [0.05, 0.1) is 0 Å². The molecule has 0 aliphatic carbocycles. The van der Waals surface area contributed by atoms with Gasteiger partial charge in [-0.1, -0.05) is 29.3 Å². The van der Waals surface area contributed by atoms with E-state index in [1.54, 1.807) is 10.7 Å². The maximum atomic E-state index is 5.60. The number of alkyl halides is 2. The van der Waals surface area contributed by atoms with E-state index in [1.807, 2.05) is 18.2 Å². The van der Waals surface area contributed by atoms with Crippen molar-refractivity contribution >= 4 is 28.8 Å². The van der Waals surface area contributed by atoms with Crippen LogP contribution in [0, 0.1) is 0 Å². The molecular weight excluding hydrogens is 197 g/mol. The molecule has 0 spiro atoms. The topological polar surface area (TPSA) is 30.2 Å². The van der Waals surface area contributed by atoms with Gasteiger partial charge in [-0.2, -0.15) is 0 Å². The molecule has 5 heteroatoms. The van der Waals surface area contributed by atoms with Gasteiger partial charge in [0.25, 0.3) is 0 Å². The van der Waals surface area contributed by atoms with Crippen molar-refractivity contribution in [2.24, 2.45) is 0 Å². The third kappa shape index (κ3) is 1.26. The first-order chi connectivity index (χ1) is 5.77. The predicted octanol–water partition coefficient (Wildman–Crippen LogP) is 2.21. The second-order valence-electron chi connectivity index (χ2n) is 2.27. The van der Waals surface area contributed by atoms with E-state index in [4.69, 9.17) is 23.2 Å². The van der Waals surface area contributed by atoms with Gasteiger partial charge in [-0.3, -0.25) is 0 Å². The second-order valence-corrected chi connectivity index (χ2v) is 3.37. The predicted molar refractivity (Wildman–Crippen MR) is 47.4 cm³/mol. The molecule has 3 nitrogen and oxygen atoms in total. The Labute approximate surface area is 78.9 Å². The lowest BCUT2D eigenvalue weighted by Gasteiger charge is -1.88. The van der Waals surface area contributed by atoms with Gasteiger partial charge in [-0.05, 0) is 12.1 Å². The first-order valence-electron chi connectivity index (χ1n) is 3.37. The zero-order valence-corrected chi connectivity index (χ0v) is 7.50. The van der Waals surface area contributed by atoms with Crippen LogP contribution in [-0.4, -0.2) is 14.6 Å². The van der Waals surface area contributed by atoms with E-state index in [-0.39, 0.29) is 0 Å². The van der Waals surface area contributed by atoms with Crippen LogP contribution >= 0.6 is 23.2 Å². The Kier molecular flexibility index (Phi) is 1.90. The molecule has 0 saturated carbocycles. The third-order valence-corrected chi connectivity index (χ3v) is 1.84. The van der Waals surface area contributed by atoms with Crippen LogP contribution in [0.4, 0.5) is 0 Å². The molecule has 0 unspecified atom stereocenters. The maximum Gasteiger partial charge on any atom is 0.184 e. The van der Waals surface area contributed by atoms with E-state index in [2.05, 4.69) is 10.1 Å². The summed E-state index contributed by atoms with van der Waals surface area (Å²) in [6.07, 6.45) is 1.79. The molecule has 0 N–H and O–H groups in total. The molecule has 2 aromatic heterocycles. The summed E-state index contributed by atoms with van der Waals surface area (Å²) in [7, 11) is 0. The summed E-state index contributed by atoms with van der Waals surface area (Å²) < 4.78 is 1.63. The monoisotopic (exact) mass is 201 g/mol. The molecule has 2 heterocycles. The van der Waals surface area contributed by atoms with Crippen molar-refractivity contribution in [3.8, 4) is 0 Å². The first-order valence-corrected chi connectivity index (χ1v) is 4.24. The van der Waals surface area contributed by atoms with E-state index in [1.165, 1.54) is 0 Å². The Balaban J connectivity index is 2.62. The van der Waals surface area contributed by atoms with Crippen molar-refractivity contribution in [3.05, 3.63) is 30.2 Å². The maximum absolute atomic E-state index is 5.60. The smallest absolute Gasteiger partial charge is 0.184 e. The number of pyridine rings is 1. The Morgan fingerprint density at radius 1 is 1.33 bits per heavy atom. The van der Waals surface area contributed by atoms with Crippen LogP contribution in [0.25, 0.3) is 5.65 Å². The largest absolute Gasteiger partial charge is 0.221 e. The fourth-order valence-electron chi connectivity index (χ4n) is 0.941. The highest BCUT2D eigenvalue weighted by atomic mass is 35.5. The Morgan fingerprint density at radius 2 is 2.17 bits per heavy atom. The van der Waals surface area contributed by atoms with Crippen LogP contribution in [-0.2, 0) is 0 Å². The standard InChI is InChI=1S/C7H5Cl2N3/c8-6(9)7-10-5-3-1-2-4-12(5)11-7/h1-4,6H. The summed E-state index contributed by atoms with van der Waals surface area (Å²) in [5, 5.41) is 4.05. The fourth-order valence-corrected chi connectivity index (χ4v) is 1.13. The van der Waals surface area contributed by atoms with Gasteiger partial charge in [-0.25, -0.2) is 9.50 Å². The molecule has 0 amide bonds. The number of halogens is 2. The van der Waals surface area contributed by atoms with Crippen LogP contribution in [0.2, 0.25) is 0 Å². The van der Waals surface area contributed by atoms with Crippen LogP contribution in [0.1, 0.15) is 10.7 Å². The molecular formula is C7H5Cl2N3. The Bertz CT molecular complexity index is 363. The van der Waals surface area contributed by atoms with E-state index in [0.29, 0.717) is 5.82 Å². The fraction of sp³-hybridized carbons (Fsp3) is 0.143. The highest BCUT2D eigenvalue weighted by Gasteiger charge is 2.09. The molecule has 0 fully saturated rings. The van der Waals surface area contributed by atoms with Gasteiger partial charge in [0.1, 0.15) is 0 Å². The van der Waals surface area contributed by atoms with E-state index < -0.39 is 4.84 Å². The molecule has 0 aliphatic rings. The van der Waals surface area contributed by atoms with Gasteiger partial charge >= 0.3 is 0 Å². The van der Waals surface area contributed by atoms with Crippen molar-refractivity contribution in [2.75, 3.05) is 0 Å². The number of fused-ring (bicyclic) bond motifs is 1. The number of hydrogen-bond donors (Lipinski definition) is 0. The SMILES string of the molecule is ClC(Cl)c1nc2ccccn2n1. The van der Waals surface area contributed by atoms with E-state index in [9.17, 15) is 0 Å². The zero-order valence-electron chi connectivity index (χ0n) is 5.98. The molecule has 0 bridgehead atoms. The van der Waals surface area contributed by atoms with Crippen molar-refractivity contribution in [1.82, 2.24) is 14.6 Å². The second kappa shape index (κ2) is 2.92.